The van der Waals surface area contributed by atoms with Crippen LogP contribution in [-0.4, -0.2) is 51.5 Å². The Balaban J connectivity index is 1.53. The number of hydrogen-bond donors (Lipinski definition) is 0. The standard InChI is InChI=1S/C22H22F3N5O2/c1-14(2)30-18-13-26-8-7-17(18)27-19(21(30)32)28-9-11-29(12-10-28)20(31)15-3-5-16(6-4-15)22(23,24)25/h3-8,13-14H,9-12H2,1-2H3. The summed E-state index contributed by atoms with van der Waals surface area (Å²) in [7, 11) is 0. The van der Waals surface area contributed by atoms with Gasteiger partial charge in [-0.05, 0) is 44.2 Å². The lowest BCUT2D eigenvalue weighted by Crippen LogP contribution is -2.50. The van der Waals surface area contributed by atoms with Crippen molar-refractivity contribution in [2.45, 2.75) is 26.1 Å². The third kappa shape index (κ3) is 4.04. The zero-order valence-corrected chi connectivity index (χ0v) is 17.6. The number of benzene rings is 1. The predicted octanol–water partition coefficient (Wildman–Crippen LogP) is 3.35. The summed E-state index contributed by atoms with van der Waals surface area (Å²) >= 11 is 0. The van der Waals surface area contributed by atoms with Gasteiger partial charge >= 0.3 is 6.18 Å². The number of fused-ring (bicyclic) bond motifs is 1. The Morgan fingerprint density at radius 3 is 2.28 bits per heavy atom. The van der Waals surface area contributed by atoms with Crippen LogP contribution in [0.1, 0.15) is 35.8 Å². The molecule has 10 heteroatoms. The Hall–Kier alpha value is -3.43. The molecule has 3 aromatic rings. The highest BCUT2D eigenvalue weighted by Crippen LogP contribution is 2.29. The molecular weight excluding hydrogens is 423 g/mol. The minimum absolute atomic E-state index is 0.0847. The van der Waals surface area contributed by atoms with Crippen LogP contribution >= 0.6 is 0 Å². The fraction of sp³-hybridized carbons (Fsp3) is 0.364. The normalized spacial score (nSPS) is 14.9. The number of aromatic nitrogens is 3. The van der Waals surface area contributed by atoms with E-state index in [0.29, 0.717) is 43.0 Å². The van der Waals surface area contributed by atoms with Gasteiger partial charge in [0.1, 0.15) is 0 Å². The van der Waals surface area contributed by atoms with Gasteiger partial charge in [-0.15, -0.1) is 0 Å². The van der Waals surface area contributed by atoms with Crippen LogP contribution in [0.2, 0.25) is 0 Å². The van der Waals surface area contributed by atoms with Crippen molar-refractivity contribution in [3.63, 3.8) is 0 Å². The first-order valence-corrected chi connectivity index (χ1v) is 10.2. The van der Waals surface area contributed by atoms with E-state index in [1.165, 1.54) is 12.1 Å². The fourth-order valence-electron chi connectivity index (χ4n) is 3.86. The quantitative estimate of drug-likeness (QED) is 0.618. The number of alkyl halides is 3. The molecule has 2 aromatic heterocycles. The molecule has 0 spiro atoms. The van der Waals surface area contributed by atoms with E-state index in [2.05, 4.69) is 9.97 Å². The van der Waals surface area contributed by atoms with Crippen LogP contribution in [0.4, 0.5) is 19.0 Å². The highest BCUT2D eigenvalue weighted by Gasteiger charge is 2.31. The van der Waals surface area contributed by atoms with Crippen molar-refractivity contribution in [3.8, 4) is 0 Å². The molecule has 0 N–H and O–H groups in total. The van der Waals surface area contributed by atoms with E-state index < -0.39 is 11.7 Å². The molecule has 1 aromatic carbocycles. The van der Waals surface area contributed by atoms with Crippen molar-refractivity contribution in [2.24, 2.45) is 0 Å². The Morgan fingerprint density at radius 1 is 1.03 bits per heavy atom. The lowest BCUT2D eigenvalue weighted by Gasteiger charge is -2.35. The maximum Gasteiger partial charge on any atom is 0.416 e. The van der Waals surface area contributed by atoms with Gasteiger partial charge in [-0.3, -0.25) is 19.1 Å². The van der Waals surface area contributed by atoms with Crippen molar-refractivity contribution in [2.75, 3.05) is 31.1 Å². The number of amides is 1. The number of piperazine rings is 1. The zero-order valence-electron chi connectivity index (χ0n) is 17.6. The molecule has 0 unspecified atom stereocenters. The van der Waals surface area contributed by atoms with Gasteiger partial charge in [-0.25, -0.2) is 4.98 Å². The summed E-state index contributed by atoms with van der Waals surface area (Å²) < 4.78 is 39.9. The van der Waals surface area contributed by atoms with E-state index >= 15 is 0 Å². The van der Waals surface area contributed by atoms with Gasteiger partial charge in [0.15, 0.2) is 5.82 Å². The predicted molar refractivity (Wildman–Crippen MR) is 114 cm³/mol. The average Bonchev–Trinajstić information content (AvgIpc) is 2.77. The van der Waals surface area contributed by atoms with Crippen LogP contribution in [0, 0.1) is 0 Å². The molecule has 0 saturated carbocycles. The number of hydrogen-bond acceptors (Lipinski definition) is 5. The Kier molecular flexibility index (Phi) is 5.62. The molecule has 3 heterocycles. The van der Waals surface area contributed by atoms with Gasteiger partial charge in [0.25, 0.3) is 11.5 Å². The van der Waals surface area contributed by atoms with Crippen LogP contribution in [0.25, 0.3) is 11.0 Å². The SMILES string of the molecule is CC(C)n1c(=O)c(N2CCN(C(=O)c3ccc(C(F)(F)F)cc3)CC2)nc2ccncc21. The molecular formula is C22H22F3N5O2. The summed E-state index contributed by atoms with van der Waals surface area (Å²) in [4.78, 5) is 37.9. The third-order valence-corrected chi connectivity index (χ3v) is 5.52. The number of halogens is 3. The number of nitrogens with zero attached hydrogens (tertiary/aromatic N) is 5. The molecule has 0 atom stereocenters. The molecule has 0 bridgehead atoms. The van der Waals surface area contributed by atoms with Crippen molar-refractivity contribution >= 4 is 22.8 Å². The highest BCUT2D eigenvalue weighted by atomic mass is 19.4. The van der Waals surface area contributed by atoms with E-state index in [-0.39, 0.29) is 23.1 Å². The van der Waals surface area contributed by atoms with Crippen LogP contribution in [0.15, 0.2) is 47.5 Å². The van der Waals surface area contributed by atoms with Crippen molar-refractivity contribution in [3.05, 3.63) is 64.2 Å². The smallest absolute Gasteiger partial charge is 0.348 e. The Labute approximate surface area is 182 Å². The molecule has 0 radical (unpaired) electrons. The first kappa shape index (κ1) is 21.8. The first-order valence-electron chi connectivity index (χ1n) is 10.2. The molecule has 1 saturated heterocycles. The molecule has 0 aliphatic carbocycles. The minimum atomic E-state index is -4.45. The second-order valence-electron chi connectivity index (χ2n) is 7.92. The largest absolute Gasteiger partial charge is 0.416 e. The Morgan fingerprint density at radius 2 is 1.69 bits per heavy atom. The lowest BCUT2D eigenvalue weighted by molar-refractivity contribution is -0.137. The average molecular weight is 445 g/mol. The molecule has 1 fully saturated rings. The zero-order chi connectivity index (χ0) is 23.0. The van der Waals surface area contributed by atoms with Gasteiger partial charge in [0.05, 0.1) is 22.8 Å². The molecule has 32 heavy (non-hydrogen) atoms. The van der Waals surface area contributed by atoms with Crippen molar-refractivity contribution in [1.82, 2.24) is 19.4 Å². The van der Waals surface area contributed by atoms with Crippen LogP contribution < -0.4 is 10.5 Å². The van der Waals surface area contributed by atoms with E-state index in [4.69, 9.17) is 0 Å². The number of rotatable bonds is 3. The molecule has 1 aliphatic heterocycles. The van der Waals surface area contributed by atoms with Crippen LogP contribution in [0.3, 0.4) is 0 Å². The number of anilines is 1. The van der Waals surface area contributed by atoms with E-state index in [1.807, 2.05) is 18.7 Å². The van der Waals surface area contributed by atoms with Gasteiger partial charge in [0.2, 0.25) is 0 Å². The minimum Gasteiger partial charge on any atom is -0.348 e. The van der Waals surface area contributed by atoms with Gasteiger partial charge < -0.3 is 9.80 Å². The van der Waals surface area contributed by atoms with Gasteiger partial charge in [0, 0.05) is 44.0 Å². The van der Waals surface area contributed by atoms with E-state index in [9.17, 15) is 22.8 Å². The van der Waals surface area contributed by atoms with Gasteiger partial charge in [-0.2, -0.15) is 13.2 Å². The van der Waals surface area contributed by atoms with E-state index in [1.54, 1.807) is 27.9 Å². The van der Waals surface area contributed by atoms with E-state index in [0.717, 1.165) is 12.1 Å². The summed E-state index contributed by atoms with van der Waals surface area (Å²) in [6, 6.07) is 5.87. The van der Waals surface area contributed by atoms with Crippen molar-refractivity contribution in [1.29, 1.82) is 0 Å². The molecule has 7 nitrogen and oxygen atoms in total. The highest BCUT2D eigenvalue weighted by molar-refractivity contribution is 5.94. The van der Waals surface area contributed by atoms with Crippen LogP contribution in [-0.2, 0) is 6.18 Å². The monoisotopic (exact) mass is 445 g/mol. The number of carbonyl (C=O) groups is 1. The maximum atomic E-state index is 13.1. The fourth-order valence-corrected chi connectivity index (χ4v) is 3.86. The van der Waals surface area contributed by atoms with Gasteiger partial charge in [-0.1, -0.05) is 0 Å². The number of carbonyl (C=O) groups excluding carboxylic acids is 1. The maximum absolute atomic E-state index is 13.1. The first-order chi connectivity index (χ1) is 15.2. The van der Waals surface area contributed by atoms with Crippen molar-refractivity contribution < 1.29 is 18.0 Å². The molecule has 4 rings (SSSR count). The molecule has 1 amide bonds. The van der Waals surface area contributed by atoms with Crippen LogP contribution in [0.5, 0.6) is 0 Å². The second kappa shape index (κ2) is 8.25. The topological polar surface area (TPSA) is 71.3 Å². The summed E-state index contributed by atoms with van der Waals surface area (Å²) in [6.45, 7) is 5.28. The second-order valence-corrected chi connectivity index (χ2v) is 7.92. The Bertz CT molecular complexity index is 1200. The summed E-state index contributed by atoms with van der Waals surface area (Å²) in [5, 5.41) is 0. The summed E-state index contributed by atoms with van der Waals surface area (Å²) in [6.07, 6.45) is -1.21. The number of pyridine rings is 1. The summed E-state index contributed by atoms with van der Waals surface area (Å²) in [5.41, 5.74) is 0.504. The molecule has 168 valence electrons. The lowest BCUT2D eigenvalue weighted by atomic mass is 10.1. The summed E-state index contributed by atoms with van der Waals surface area (Å²) in [5.74, 6) is -0.0189. The molecule has 1 aliphatic rings. The third-order valence-electron chi connectivity index (χ3n) is 5.52.